The maximum absolute atomic E-state index is 11.6. The summed E-state index contributed by atoms with van der Waals surface area (Å²) >= 11 is 0. The zero-order valence-electron chi connectivity index (χ0n) is 7.88. The van der Waals surface area contributed by atoms with E-state index in [-0.39, 0.29) is 12.5 Å². The summed E-state index contributed by atoms with van der Waals surface area (Å²) in [6, 6.07) is 0. The van der Waals surface area contributed by atoms with Crippen LogP contribution in [-0.4, -0.2) is 36.6 Å². The molecule has 0 heterocycles. The molecule has 2 N–H and O–H groups in total. The number of ether oxygens (including phenoxy) is 1. The van der Waals surface area contributed by atoms with Crippen molar-refractivity contribution in [1.29, 1.82) is 0 Å². The van der Waals surface area contributed by atoms with Gasteiger partial charge in [-0.15, -0.1) is 0 Å². The molecule has 0 aliphatic heterocycles. The Labute approximate surface area is 84.4 Å². The van der Waals surface area contributed by atoms with Gasteiger partial charge in [-0.3, -0.25) is 0 Å². The van der Waals surface area contributed by atoms with Crippen LogP contribution in [0, 0.1) is 5.92 Å². The van der Waals surface area contributed by atoms with Gasteiger partial charge in [0.05, 0.1) is 6.10 Å². The first-order valence-electron chi connectivity index (χ1n) is 4.54. The molecular formula is C8H12F3NO3. The molecule has 1 amide bonds. The molecule has 0 aromatic heterocycles. The first kappa shape index (κ1) is 12.1. The number of amides is 1. The first-order valence-corrected chi connectivity index (χ1v) is 4.54. The molecule has 7 heteroatoms. The molecule has 0 spiro atoms. The summed E-state index contributed by atoms with van der Waals surface area (Å²) in [5.41, 5.74) is 0. The van der Waals surface area contributed by atoms with Crippen LogP contribution in [0.3, 0.4) is 0 Å². The van der Waals surface area contributed by atoms with Crippen LogP contribution in [0.4, 0.5) is 18.0 Å². The lowest BCUT2D eigenvalue weighted by atomic mass is 10.2. The minimum atomic E-state index is -4.52. The maximum atomic E-state index is 11.6. The van der Waals surface area contributed by atoms with Gasteiger partial charge in [0, 0.05) is 6.54 Å². The third kappa shape index (κ3) is 5.46. The maximum Gasteiger partial charge on any atom is 0.422 e. The Balaban J connectivity index is 2.07. The summed E-state index contributed by atoms with van der Waals surface area (Å²) < 4.78 is 38.7. The number of carbonyl (C=O) groups excluding carboxylic acids is 1. The summed E-state index contributed by atoms with van der Waals surface area (Å²) in [5, 5.41) is 11.3. The number of aliphatic hydroxyl groups excluding tert-OH is 1. The zero-order chi connectivity index (χ0) is 11.5. The first-order chi connectivity index (χ1) is 6.88. The predicted molar refractivity (Wildman–Crippen MR) is 44.1 cm³/mol. The van der Waals surface area contributed by atoms with Crippen molar-refractivity contribution < 1.29 is 27.8 Å². The number of rotatable bonds is 4. The number of alkyl halides is 3. The molecule has 15 heavy (non-hydrogen) atoms. The van der Waals surface area contributed by atoms with Crippen LogP contribution in [0.5, 0.6) is 0 Å². The van der Waals surface area contributed by atoms with E-state index in [1.165, 1.54) is 0 Å². The standard InChI is InChI=1S/C8H12F3NO3/c9-8(10,11)4-15-7(14)12-3-6(13)5-1-2-5/h5-6,13H,1-4H2,(H,12,14). The molecule has 4 nitrogen and oxygen atoms in total. The third-order valence-electron chi connectivity index (χ3n) is 1.99. The highest BCUT2D eigenvalue weighted by atomic mass is 19.4. The molecule has 1 fully saturated rings. The Morgan fingerprint density at radius 2 is 2.13 bits per heavy atom. The number of nitrogens with one attached hydrogen (secondary N) is 1. The van der Waals surface area contributed by atoms with Crippen molar-refractivity contribution in [3.8, 4) is 0 Å². The number of aliphatic hydroxyl groups is 1. The van der Waals surface area contributed by atoms with Crippen molar-refractivity contribution in [2.24, 2.45) is 5.92 Å². The van der Waals surface area contributed by atoms with Crippen LogP contribution >= 0.6 is 0 Å². The molecule has 0 bridgehead atoms. The molecule has 0 aromatic carbocycles. The Morgan fingerprint density at radius 1 is 1.53 bits per heavy atom. The summed E-state index contributed by atoms with van der Waals surface area (Å²) in [4.78, 5) is 10.7. The number of hydrogen-bond acceptors (Lipinski definition) is 3. The number of halogens is 3. The van der Waals surface area contributed by atoms with Crippen LogP contribution in [0.2, 0.25) is 0 Å². The Bertz CT molecular complexity index is 228. The van der Waals surface area contributed by atoms with E-state index in [0.29, 0.717) is 0 Å². The molecular weight excluding hydrogens is 215 g/mol. The van der Waals surface area contributed by atoms with E-state index >= 15 is 0 Å². The van der Waals surface area contributed by atoms with E-state index in [0.717, 1.165) is 12.8 Å². The molecule has 1 aliphatic rings. The molecule has 0 radical (unpaired) electrons. The van der Waals surface area contributed by atoms with Gasteiger partial charge in [0.2, 0.25) is 0 Å². The van der Waals surface area contributed by atoms with Crippen LogP contribution < -0.4 is 5.32 Å². The fourth-order valence-electron chi connectivity index (χ4n) is 1.03. The average molecular weight is 227 g/mol. The lowest BCUT2D eigenvalue weighted by Gasteiger charge is -2.11. The van der Waals surface area contributed by atoms with Crippen molar-refractivity contribution in [2.45, 2.75) is 25.1 Å². The zero-order valence-corrected chi connectivity index (χ0v) is 7.88. The van der Waals surface area contributed by atoms with E-state index < -0.39 is 25.0 Å². The molecule has 1 aliphatic carbocycles. The van der Waals surface area contributed by atoms with E-state index in [2.05, 4.69) is 10.1 Å². The minimum absolute atomic E-state index is 0.0681. The third-order valence-corrected chi connectivity index (χ3v) is 1.99. The lowest BCUT2D eigenvalue weighted by molar-refractivity contribution is -0.160. The highest BCUT2D eigenvalue weighted by Crippen LogP contribution is 2.32. The van der Waals surface area contributed by atoms with Crippen molar-refractivity contribution in [1.82, 2.24) is 5.32 Å². The molecule has 0 aromatic rings. The summed E-state index contributed by atoms with van der Waals surface area (Å²) in [6.45, 7) is -1.68. The quantitative estimate of drug-likeness (QED) is 0.754. The van der Waals surface area contributed by atoms with Gasteiger partial charge in [-0.25, -0.2) is 4.79 Å². The second-order valence-electron chi connectivity index (χ2n) is 3.48. The van der Waals surface area contributed by atoms with Gasteiger partial charge in [-0.05, 0) is 18.8 Å². The second-order valence-corrected chi connectivity index (χ2v) is 3.48. The minimum Gasteiger partial charge on any atom is -0.440 e. The Kier molecular flexibility index (Phi) is 3.78. The van der Waals surface area contributed by atoms with E-state index in [9.17, 15) is 23.1 Å². The average Bonchev–Trinajstić information content (AvgIpc) is 2.92. The summed E-state index contributed by atoms with van der Waals surface area (Å²) in [7, 11) is 0. The van der Waals surface area contributed by atoms with E-state index in [1.54, 1.807) is 0 Å². The van der Waals surface area contributed by atoms with Crippen LogP contribution in [0.25, 0.3) is 0 Å². The van der Waals surface area contributed by atoms with Crippen molar-refractivity contribution >= 4 is 6.09 Å². The van der Waals surface area contributed by atoms with Crippen LogP contribution in [0.1, 0.15) is 12.8 Å². The van der Waals surface area contributed by atoms with Gasteiger partial charge < -0.3 is 15.2 Å². The Morgan fingerprint density at radius 3 is 2.60 bits per heavy atom. The molecule has 88 valence electrons. The van der Waals surface area contributed by atoms with Crippen molar-refractivity contribution in [3.05, 3.63) is 0 Å². The van der Waals surface area contributed by atoms with Crippen molar-refractivity contribution in [3.63, 3.8) is 0 Å². The van der Waals surface area contributed by atoms with Gasteiger partial charge >= 0.3 is 12.3 Å². The second kappa shape index (κ2) is 4.69. The SMILES string of the molecule is O=C(NCC(O)C1CC1)OCC(F)(F)F. The topological polar surface area (TPSA) is 58.6 Å². The number of alkyl carbamates (subject to hydrolysis) is 1. The molecule has 1 unspecified atom stereocenters. The van der Waals surface area contributed by atoms with E-state index in [1.807, 2.05) is 0 Å². The fourth-order valence-corrected chi connectivity index (χ4v) is 1.03. The number of carbonyl (C=O) groups is 1. The largest absolute Gasteiger partial charge is 0.440 e. The Hall–Kier alpha value is -0.980. The predicted octanol–water partition coefficient (Wildman–Crippen LogP) is 1.05. The summed E-state index contributed by atoms with van der Waals surface area (Å²) in [5.74, 6) is 0.160. The monoisotopic (exact) mass is 227 g/mol. The van der Waals surface area contributed by atoms with Crippen molar-refractivity contribution in [2.75, 3.05) is 13.2 Å². The lowest BCUT2D eigenvalue weighted by Crippen LogP contribution is -2.35. The van der Waals surface area contributed by atoms with Gasteiger partial charge in [0.15, 0.2) is 6.61 Å². The van der Waals surface area contributed by atoms with E-state index in [4.69, 9.17) is 0 Å². The molecule has 1 saturated carbocycles. The molecule has 0 saturated heterocycles. The fraction of sp³-hybridized carbons (Fsp3) is 0.875. The normalized spacial score (nSPS) is 18.4. The van der Waals surface area contributed by atoms with Crippen LogP contribution in [-0.2, 0) is 4.74 Å². The highest BCUT2D eigenvalue weighted by molar-refractivity contribution is 5.67. The molecule has 1 atom stereocenters. The van der Waals surface area contributed by atoms with Gasteiger partial charge in [0.1, 0.15) is 0 Å². The highest BCUT2D eigenvalue weighted by Gasteiger charge is 2.31. The van der Waals surface area contributed by atoms with Crippen LogP contribution in [0.15, 0.2) is 0 Å². The van der Waals surface area contributed by atoms with Gasteiger partial charge in [0.25, 0.3) is 0 Å². The smallest absolute Gasteiger partial charge is 0.422 e. The van der Waals surface area contributed by atoms with Gasteiger partial charge in [-0.1, -0.05) is 0 Å². The molecule has 1 rings (SSSR count). The number of hydrogen-bond donors (Lipinski definition) is 2. The van der Waals surface area contributed by atoms with Gasteiger partial charge in [-0.2, -0.15) is 13.2 Å². The summed E-state index contributed by atoms with van der Waals surface area (Å²) in [6.07, 6.45) is -4.59.